The highest BCUT2D eigenvalue weighted by Gasteiger charge is 2.41. The number of hydrogen-bond donors (Lipinski definition) is 1. The Kier molecular flexibility index (Phi) is 8.07. The molecule has 0 unspecified atom stereocenters. The van der Waals surface area contributed by atoms with E-state index in [0.717, 1.165) is 22.0 Å². The number of amidine groups is 1. The fraction of sp³-hybridized carbons (Fsp3) is 0.200. The van der Waals surface area contributed by atoms with Gasteiger partial charge in [0.25, 0.3) is 0 Å². The van der Waals surface area contributed by atoms with Crippen molar-refractivity contribution in [2.75, 3.05) is 7.11 Å². The van der Waals surface area contributed by atoms with Crippen LogP contribution in [0.3, 0.4) is 0 Å². The molecule has 3 aromatic rings. The van der Waals surface area contributed by atoms with Gasteiger partial charge in [0.05, 0.1) is 30.8 Å². The molecule has 0 radical (unpaired) electrons. The number of hydrogen-bond acceptors (Lipinski definition) is 8. The molecule has 0 saturated carbocycles. The fourth-order valence-electron chi connectivity index (χ4n) is 4.53. The van der Waals surface area contributed by atoms with Crippen molar-refractivity contribution < 1.29 is 19.1 Å². The van der Waals surface area contributed by atoms with Gasteiger partial charge >= 0.3 is 5.97 Å². The van der Waals surface area contributed by atoms with Gasteiger partial charge in [-0.1, -0.05) is 49.0 Å². The topological polar surface area (TPSA) is 93.1 Å². The first-order valence-electron chi connectivity index (χ1n) is 12.6. The lowest BCUT2D eigenvalue weighted by atomic mass is 9.92. The zero-order valence-electron chi connectivity index (χ0n) is 21.7. The van der Waals surface area contributed by atoms with Gasteiger partial charge in [-0.15, -0.1) is 0 Å². The molecule has 198 valence electrons. The summed E-state index contributed by atoms with van der Waals surface area (Å²) in [5.74, 6) is 0.760. The third kappa shape index (κ3) is 5.88. The highest BCUT2D eigenvalue weighted by Crippen LogP contribution is 2.46. The number of para-hydroxylation sites is 1. The zero-order chi connectivity index (χ0) is 27.2. The molecule has 3 heterocycles. The Morgan fingerprint density at radius 3 is 2.54 bits per heavy atom. The van der Waals surface area contributed by atoms with Crippen LogP contribution in [0, 0.1) is 0 Å². The number of esters is 1. The molecule has 0 spiro atoms. The maximum absolute atomic E-state index is 13.2. The second kappa shape index (κ2) is 12.0. The van der Waals surface area contributed by atoms with Crippen molar-refractivity contribution in [3.63, 3.8) is 0 Å². The van der Waals surface area contributed by atoms with Crippen LogP contribution in [0.25, 0.3) is 0 Å². The number of aliphatic imine (C=N–C) groups is 1. The maximum atomic E-state index is 13.2. The molecule has 9 heteroatoms. The van der Waals surface area contributed by atoms with Crippen molar-refractivity contribution in [1.29, 1.82) is 0 Å². The summed E-state index contributed by atoms with van der Waals surface area (Å²) in [6, 6.07) is 20.3. The number of carbonyl (C=O) groups excluding carboxylic acids is 2. The van der Waals surface area contributed by atoms with Crippen molar-refractivity contribution >= 4 is 28.8 Å². The standard InChI is InChI=1S/C30H28N4O4S/c1-3-25-27(29(36)37-2)28(21-8-7-11-24(16-21)38-23-9-5-4-6-10-23)34-22(19-39-30(34)33-25)17-26(35)32-18-20-12-14-31-15-13-20/h4-16,19,28H,3,17-18H2,1-2H3,(H,32,35)/t28-/m0/s1. The number of nitrogens with one attached hydrogen (secondary N) is 1. The van der Waals surface area contributed by atoms with E-state index in [9.17, 15) is 9.59 Å². The molecule has 1 atom stereocenters. The summed E-state index contributed by atoms with van der Waals surface area (Å²) in [6.07, 6.45) is 4.07. The number of thioether (sulfide) groups is 1. The summed E-state index contributed by atoms with van der Waals surface area (Å²) in [5.41, 5.74) is 3.66. The molecule has 39 heavy (non-hydrogen) atoms. The second-order valence-corrected chi connectivity index (χ2v) is 9.73. The molecule has 0 bridgehead atoms. The molecule has 5 rings (SSSR count). The van der Waals surface area contributed by atoms with E-state index in [0.29, 0.717) is 35.7 Å². The number of pyridine rings is 1. The Balaban J connectivity index is 1.46. The van der Waals surface area contributed by atoms with Crippen LogP contribution in [-0.2, 0) is 20.9 Å². The van der Waals surface area contributed by atoms with Gasteiger partial charge < -0.3 is 19.7 Å². The van der Waals surface area contributed by atoms with Gasteiger partial charge in [0.2, 0.25) is 5.91 Å². The lowest BCUT2D eigenvalue weighted by Gasteiger charge is -2.36. The van der Waals surface area contributed by atoms with Gasteiger partial charge in [-0.2, -0.15) is 0 Å². The lowest BCUT2D eigenvalue weighted by Crippen LogP contribution is -2.38. The highest BCUT2D eigenvalue weighted by atomic mass is 32.2. The highest BCUT2D eigenvalue weighted by molar-refractivity contribution is 8.16. The second-order valence-electron chi connectivity index (χ2n) is 8.90. The van der Waals surface area contributed by atoms with E-state index in [4.69, 9.17) is 14.5 Å². The third-order valence-corrected chi connectivity index (χ3v) is 7.25. The predicted molar refractivity (Wildman–Crippen MR) is 151 cm³/mol. The van der Waals surface area contributed by atoms with Gasteiger partial charge in [-0.3, -0.25) is 9.78 Å². The number of allylic oxidation sites excluding steroid dienone is 1. The predicted octanol–water partition coefficient (Wildman–Crippen LogP) is 5.72. The number of benzene rings is 2. The summed E-state index contributed by atoms with van der Waals surface area (Å²) < 4.78 is 11.3. The van der Waals surface area contributed by atoms with Crippen molar-refractivity contribution in [2.24, 2.45) is 4.99 Å². The minimum atomic E-state index is -0.534. The maximum Gasteiger partial charge on any atom is 0.338 e. The summed E-state index contributed by atoms with van der Waals surface area (Å²) in [6.45, 7) is 2.36. The zero-order valence-corrected chi connectivity index (χ0v) is 22.5. The third-order valence-electron chi connectivity index (χ3n) is 6.36. The fourth-order valence-corrected chi connectivity index (χ4v) is 5.47. The smallest absolute Gasteiger partial charge is 0.338 e. The molecule has 0 fully saturated rings. The Hall–Kier alpha value is -4.37. The summed E-state index contributed by atoms with van der Waals surface area (Å²) in [5, 5.41) is 5.62. The molecular weight excluding hydrogens is 512 g/mol. The van der Waals surface area contributed by atoms with Crippen molar-refractivity contribution in [3.8, 4) is 11.5 Å². The molecule has 1 amide bonds. The molecular formula is C30H28N4O4S. The summed E-state index contributed by atoms with van der Waals surface area (Å²) >= 11 is 1.44. The number of rotatable bonds is 9. The van der Waals surface area contributed by atoms with Gasteiger partial charge in [0, 0.05) is 24.6 Å². The Morgan fingerprint density at radius 1 is 1.03 bits per heavy atom. The van der Waals surface area contributed by atoms with E-state index >= 15 is 0 Å². The van der Waals surface area contributed by atoms with Crippen LogP contribution >= 0.6 is 11.8 Å². The Labute approximate surface area is 231 Å². The summed E-state index contributed by atoms with van der Waals surface area (Å²) in [7, 11) is 1.37. The SMILES string of the molecule is CCC1=C(C(=O)OC)[C@H](c2cccc(Oc3ccccc3)c2)N2C(CC(=O)NCc3ccncc3)=CSC2=N1. The number of aromatic nitrogens is 1. The minimum absolute atomic E-state index is 0.129. The molecule has 2 aliphatic heterocycles. The van der Waals surface area contributed by atoms with Gasteiger partial charge in [0.15, 0.2) is 5.17 Å². The van der Waals surface area contributed by atoms with Crippen molar-refractivity contribution in [2.45, 2.75) is 32.4 Å². The van der Waals surface area contributed by atoms with Crippen LogP contribution in [0.2, 0.25) is 0 Å². The number of ether oxygens (including phenoxy) is 2. The Morgan fingerprint density at radius 2 is 1.79 bits per heavy atom. The van der Waals surface area contributed by atoms with Crippen molar-refractivity contribution in [1.82, 2.24) is 15.2 Å². The van der Waals surface area contributed by atoms with Crippen molar-refractivity contribution in [3.05, 3.63) is 113 Å². The molecule has 2 aromatic carbocycles. The number of nitrogens with zero attached hydrogens (tertiary/aromatic N) is 3. The van der Waals surface area contributed by atoms with E-state index < -0.39 is 12.0 Å². The van der Waals surface area contributed by atoms with E-state index in [1.807, 2.05) is 84.0 Å². The average molecular weight is 541 g/mol. The first-order valence-corrected chi connectivity index (χ1v) is 13.5. The van der Waals surface area contributed by atoms with E-state index in [1.165, 1.54) is 18.9 Å². The van der Waals surface area contributed by atoms with Gasteiger partial charge in [0.1, 0.15) is 11.5 Å². The molecule has 0 saturated heterocycles. The first kappa shape index (κ1) is 26.2. The van der Waals surface area contributed by atoms with Crippen LogP contribution in [0.5, 0.6) is 11.5 Å². The number of carbonyl (C=O) groups is 2. The van der Waals surface area contributed by atoms with E-state index in [1.54, 1.807) is 12.4 Å². The number of fused-ring (bicyclic) bond motifs is 1. The molecule has 2 aliphatic rings. The van der Waals surface area contributed by atoms with E-state index in [2.05, 4.69) is 10.3 Å². The largest absolute Gasteiger partial charge is 0.466 e. The van der Waals surface area contributed by atoms with Crippen LogP contribution < -0.4 is 10.1 Å². The van der Waals surface area contributed by atoms with E-state index in [-0.39, 0.29) is 12.3 Å². The van der Waals surface area contributed by atoms with Gasteiger partial charge in [-0.25, -0.2) is 9.79 Å². The monoisotopic (exact) mass is 540 g/mol. The van der Waals surface area contributed by atoms with Crippen LogP contribution in [-0.4, -0.2) is 34.0 Å². The van der Waals surface area contributed by atoms with Crippen LogP contribution in [0.1, 0.15) is 36.9 Å². The summed E-state index contributed by atoms with van der Waals surface area (Å²) in [4.78, 5) is 36.9. The first-order chi connectivity index (χ1) is 19.1. The van der Waals surface area contributed by atoms with Crippen LogP contribution in [0.15, 0.2) is 106 Å². The molecule has 1 N–H and O–H groups in total. The number of amides is 1. The molecule has 8 nitrogen and oxygen atoms in total. The molecule has 1 aromatic heterocycles. The minimum Gasteiger partial charge on any atom is -0.466 e. The normalized spacial score (nSPS) is 16.3. The van der Waals surface area contributed by atoms with Gasteiger partial charge in [-0.05, 0) is 59.4 Å². The van der Waals surface area contributed by atoms with Crippen LogP contribution in [0.4, 0.5) is 0 Å². The lowest BCUT2D eigenvalue weighted by molar-refractivity contribution is -0.136. The Bertz CT molecular complexity index is 1450. The average Bonchev–Trinajstić information content (AvgIpc) is 3.37. The number of methoxy groups -OCH3 is 1. The quantitative estimate of drug-likeness (QED) is 0.347. The molecule has 0 aliphatic carbocycles.